The lowest BCUT2D eigenvalue weighted by molar-refractivity contribution is -0.130. The van der Waals surface area contributed by atoms with Gasteiger partial charge in [-0.15, -0.1) is 0 Å². The number of nitrogens with zero attached hydrogens (tertiary/aromatic N) is 3. The Labute approximate surface area is 182 Å². The van der Waals surface area contributed by atoms with E-state index in [4.69, 9.17) is 16.3 Å². The first kappa shape index (κ1) is 22.8. The number of rotatable bonds is 7. The summed E-state index contributed by atoms with van der Waals surface area (Å²) in [5, 5.41) is 12.4. The number of halogens is 3. The van der Waals surface area contributed by atoms with Crippen LogP contribution in [0.1, 0.15) is 42.3 Å². The summed E-state index contributed by atoms with van der Waals surface area (Å²) in [4.78, 5) is 34.4. The zero-order chi connectivity index (χ0) is 23.0. The molecular weight excluding hydrogens is 434 g/mol. The number of nitrogens with one attached hydrogen (secondary N) is 1. The van der Waals surface area contributed by atoms with Gasteiger partial charge in [-0.1, -0.05) is 11.6 Å². The molecule has 11 heteroatoms. The van der Waals surface area contributed by atoms with Gasteiger partial charge < -0.3 is 20.1 Å². The molecule has 3 rings (SSSR count). The first-order valence-corrected chi connectivity index (χ1v) is 9.69. The first-order valence-electron chi connectivity index (χ1n) is 9.31. The van der Waals surface area contributed by atoms with Crippen LogP contribution in [0.15, 0.2) is 24.5 Å². The molecule has 0 atom stereocenters. The number of amides is 2. The number of alkyl halides is 2. The molecule has 0 fully saturated rings. The van der Waals surface area contributed by atoms with Crippen LogP contribution in [-0.2, 0) is 17.9 Å². The second-order valence-electron chi connectivity index (χ2n) is 7.85. The Bertz CT molecular complexity index is 1020. The maximum Gasteiger partial charge on any atom is 0.278 e. The number of hydrogen-bond donors (Lipinski definition) is 2. The summed E-state index contributed by atoms with van der Waals surface area (Å²) in [7, 11) is 0. The highest BCUT2D eigenvalue weighted by Crippen LogP contribution is 2.31. The molecule has 166 valence electrons. The standard InChI is InChI=1S/C20H21ClF2N4O4/c1-19(2,30)18(29)26-15-13-9-27(17(28)12(13)4-5-24-15)8-11-6-14(21)16(25-7-11)31-10-20(3,22)23/h4-7,30H,8-10H2,1-3H3,(H,24,26,29). The van der Waals surface area contributed by atoms with E-state index in [9.17, 15) is 23.5 Å². The van der Waals surface area contributed by atoms with Crippen molar-refractivity contribution in [2.45, 2.75) is 45.4 Å². The largest absolute Gasteiger partial charge is 0.470 e. The third-order valence-corrected chi connectivity index (χ3v) is 4.68. The van der Waals surface area contributed by atoms with E-state index in [0.29, 0.717) is 16.7 Å². The van der Waals surface area contributed by atoms with Crippen molar-refractivity contribution in [3.8, 4) is 5.88 Å². The summed E-state index contributed by atoms with van der Waals surface area (Å²) in [5.74, 6) is -3.88. The van der Waals surface area contributed by atoms with Crippen LogP contribution in [0.25, 0.3) is 0 Å². The molecular formula is C20H21ClF2N4O4. The Balaban J connectivity index is 1.74. The second-order valence-corrected chi connectivity index (χ2v) is 8.26. The minimum absolute atomic E-state index is 0.0470. The number of hydrogen-bond acceptors (Lipinski definition) is 6. The molecule has 0 saturated carbocycles. The molecule has 0 radical (unpaired) electrons. The van der Waals surface area contributed by atoms with Gasteiger partial charge >= 0.3 is 0 Å². The lowest BCUT2D eigenvalue weighted by Crippen LogP contribution is -2.37. The maximum absolute atomic E-state index is 13.0. The molecule has 0 saturated heterocycles. The summed E-state index contributed by atoms with van der Waals surface area (Å²) >= 11 is 6.08. The van der Waals surface area contributed by atoms with Gasteiger partial charge in [-0.05, 0) is 31.5 Å². The monoisotopic (exact) mass is 454 g/mol. The van der Waals surface area contributed by atoms with Crippen molar-refractivity contribution in [1.29, 1.82) is 0 Å². The summed E-state index contributed by atoms with van der Waals surface area (Å²) in [6.45, 7) is 2.86. The average Bonchev–Trinajstić information content (AvgIpc) is 2.96. The van der Waals surface area contributed by atoms with Gasteiger partial charge in [0, 0.05) is 37.0 Å². The lowest BCUT2D eigenvalue weighted by Gasteiger charge is -2.18. The zero-order valence-corrected chi connectivity index (χ0v) is 17.8. The number of anilines is 1. The van der Waals surface area contributed by atoms with Crippen LogP contribution in [0.3, 0.4) is 0 Å². The Hall–Kier alpha value is -2.85. The van der Waals surface area contributed by atoms with Crippen LogP contribution >= 0.6 is 11.6 Å². The van der Waals surface area contributed by atoms with E-state index < -0.39 is 24.0 Å². The maximum atomic E-state index is 13.0. The van der Waals surface area contributed by atoms with Gasteiger partial charge in [-0.25, -0.2) is 18.7 Å². The van der Waals surface area contributed by atoms with Crippen molar-refractivity contribution in [1.82, 2.24) is 14.9 Å². The van der Waals surface area contributed by atoms with Gasteiger partial charge in [-0.2, -0.15) is 0 Å². The quantitative estimate of drug-likeness (QED) is 0.666. The molecule has 0 aromatic carbocycles. The smallest absolute Gasteiger partial charge is 0.278 e. The van der Waals surface area contributed by atoms with E-state index in [-0.39, 0.29) is 35.7 Å². The average molecular weight is 455 g/mol. The van der Waals surface area contributed by atoms with Gasteiger partial charge in [0.2, 0.25) is 5.88 Å². The zero-order valence-electron chi connectivity index (χ0n) is 17.1. The van der Waals surface area contributed by atoms with Crippen molar-refractivity contribution < 1.29 is 28.2 Å². The van der Waals surface area contributed by atoms with E-state index in [0.717, 1.165) is 6.92 Å². The minimum atomic E-state index is -3.02. The number of carbonyl (C=O) groups is 2. The molecule has 0 bridgehead atoms. The van der Waals surface area contributed by atoms with Crippen LogP contribution in [-0.4, -0.2) is 49.9 Å². The second kappa shape index (κ2) is 8.35. The molecule has 2 N–H and O–H groups in total. The molecule has 1 aliphatic heterocycles. The van der Waals surface area contributed by atoms with E-state index in [1.807, 2.05) is 0 Å². The molecule has 8 nitrogen and oxygen atoms in total. The van der Waals surface area contributed by atoms with Crippen LogP contribution in [0.4, 0.5) is 14.6 Å². The molecule has 31 heavy (non-hydrogen) atoms. The van der Waals surface area contributed by atoms with Gasteiger partial charge in [0.25, 0.3) is 17.7 Å². The number of aliphatic hydroxyl groups is 1. The fourth-order valence-electron chi connectivity index (χ4n) is 2.85. The summed E-state index contributed by atoms with van der Waals surface area (Å²) in [5.41, 5.74) is -0.142. The van der Waals surface area contributed by atoms with Crippen LogP contribution in [0.5, 0.6) is 5.88 Å². The Kier molecular flexibility index (Phi) is 6.15. The topological polar surface area (TPSA) is 105 Å². The highest BCUT2D eigenvalue weighted by molar-refractivity contribution is 6.31. The van der Waals surface area contributed by atoms with Gasteiger partial charge in [0.05, 0.1) is 6.54 Å². The SMILES string of the molecule is CC(F)(F)COc1ncc(CN2Cc3c(ccnc3NC(=O)C(C)(C)O)C2=O)cc1Cl. The van der Waals surface area contributed by atoms with E-state index >= 15 is 0 Å². The molecule has 2 amide bonds. The number of fused-ring (bicyclic) bond motifs is 1. The van der Waals surface area contributed by atoms with Crippen LogP contribution < -0.4 is 10.1 Å². The van der Waals surface area contributed by atoms with Crippen molar-refractivity contribution in [2.24, 2.45) is 0 Å². The number of aromatic nitrogens is 2. The molecule has 0 unspecified atom stereocenters. The highest BCUT2D eigenvalue weighted by Gasteiger charge is 2.32. The van der Waals surface area contributed by atoms with Crippen molar-refractivity contribution in [2.75, 3.05) is 11.9 Å². The number of carbonyl (C=O) groups excluding carboxylic acids is 2. The summed E-state index contributed by atoms with van der Waals surface area (Å²) in [6.07, 6.45) is 2.79. The summed E-state index contributed by atoms with van der Waals surface area (Å²) < 4.78 is 30.8. The molecule has 2 aromatic heterocycles. The minimum Gasteiger partial charge on any atom is -0.470 e. The van der Waals surface area contributed by atoms with Crippen molar-refractivity contribution in [3.05, 3.63) is 46.2 Å². The molecule has 2 aromatic rings. The fraction of sp³-hybridized carbons (Fsp3) is 0.400. The highest BCUT2D eigenvalue weighted by atomic mass is 35.5. The Morgan fingerprint density at radius 2 is 2.06 bits per heavy atom. The fourth-order valence-corrected chi connectivity index (χ4v) is 3.10. The predicted octanol–water partition coefficient (Wildman–Crippen LogP) is 3.03. The van der Waals surface area contributed by atoms with Crippen molar-refractivity contribution >= 4 is 29.2 Å². The van der Waals surface area contributed by atoms with E-state index in [1.54, 1.807) is 6.07 Å². The molecule has 1 aliphatic rings. The van der Waals surface area contributed by atoms with E-state index in [2.05, 4.69) is 15.3 Å². The van der Waals surface area contributed by atoms with E-state index in [1.165, 1.54) is 37.2 Å². The number of pyridine rings is 2. The first-order chi connectivity index (χ1) is 14.3. The molecule has 0 aliphatic carbocycles. The Morgan fingerprint density at radius 1 is 1.35 bits per heavy atom. The van der Waals surface area contributed by atoms with Gasteiger partial charge in [-0.3, -0.25) is 9.59 Å². The third-order valence-electron chi connectivity index (χ3n) is 4.41. The van der Waals surface area contributed by atoms with Gasteiger partial charge in [0.1, 0.15) is 16.4 Å². The lowest BCUT2D eigenvalue weighted by atomic mass is 10.1. The normalized spacial score (nSPS) is 13.9. The summed E-state index contributed by atoms with van der Waals surface area (Å²) in [6, 6.07) is 3.04. The van der Waals surface area contributed by atoms with Crippen LogP contribution in [0, 0.1) is 0 Å². The van der Waals surface area contributed by atoms with Crippen LogP contribution in [0.2, 0.25) is 5.02 Å². The van der Waals surface area contributed by atoms with Gasteiger partial charge in [0.15, 0.2) is 6.61 Å². The predicted molar refractivity (Wildman–Crippen MR) is 108 cm³/mol. The van der Waals surface area contributed by atoms with Crippen molar-refractivity contribution in [3.63, 3.8) is 0 Å². The molecule has 3 heterocycles. The molecule has 0 spiro atoms. The number of ether oxygens (including phenoxy) is 1. The Morgan fingerprint density at radius 3 is 2.68 bits per heavy atom. The third kappa shape index (κ3) is 5.45.